The highest BCUT2D eigenvalue weighted by Gasteiger charge is 2.10. The Morgan fingerprint density at radius 2 is 2.31 bits per heavy atom. The molecule has 0 heterocycles. The van der Waals surface area contributed by atoms with Gasteiger partial charge in [0.25, 0.3) is 0 Å². The molecule has 1 aromatic carbocycles. The molecule has 0 bridgehead atoms. The molecule has 1 atom stereocenters. The van der Waals surface area contributed by atoms with E-state index in [1.165, 1.54) is 0 Å². The second-order valence-corrected chi connectivity index (χ2v) is 3.87. The van der Waals surface area contributed by atoms with Crippen LogP contribution >= 0.6 is 11.6 Å². The van der Waals surface area contributed by atoms with Gasteiger partial charge in [0.05, 0.1) is 0 Å². The minimum Gasteiger partial charge on any atom is -0.475 e. The number of hydrogen-bond acceptors (Lipinski definition) is 3. The highest BCUT2D eigenvalue weighted by molar-refractivity contribution is 6.30. The van der Waals surface area contributed by atoms with Crippen molar-refractivity contribution >= 4 is 11.6 Å². The molecule has 2 N–H and O–H groups in total. The summed E-state index contributed by atoms with van der Waals surface area (Å²) in [6, 6.07) is 7.46. The van der Waals surface area contributed by atoms with Gasteiger partial charge in [0.15, 0.2) is 6.10 Å². The Balaban J connectivity index is 2.90. The lowest BCUT2D eigenvalue weighted by molar-refractivity contribution is 0.249. The first kappa shape index (κ1) is 12.8. The van der Waals surface area contributed by atoms with Crippen LogP contribution in [0.15, 0.2) is 18.2 Å². The fourth-order valence-corrected chi connectivity index (χ4v) is 1.56. The summed E-state index contributed by atoms with van der Waals surface area (Å²) in [6.07, 6.45) is 0.927. The molecule has 0 saturated heterocycles. The fraction of sp³-hybridized carbons (Fsp3) is 0.417. The molecule has 4 heteroatoms. The van der Waals surface area contributed by atoms with E-state index in [4.69, 9.17) is 27.3 Å². The Labute approximate surface area is 101 Å². The molecule has 0 aliphatic heterocycles. The number of nitrogens with two attached hydrogens (primary N) is 1. The fourth-order valence-electron chi connectivity index (χ4n) is 1.37. The Morgan fingerprint density at radius 3 is 2.88 bits per heavy atom. The van der Waals surface area contributed by atoms with E-state index in [1.54, 1.807) is 12.1 Å². The summed E-state index contributed by atoms with van der Waals surface area (Å²) in [4.78, 5) is 0. The van der Waals surface area contributed by atoms with Crippen LogP contribution < -0.4 is 10.5 Å². The number of halogens is 1. The van der Waals surface area contributed by atoms with Gasteiger partial charge in [0, 0.05) is 5.02 Å². The van der Waals surface area contributed by atoms with E-state index in [0.717, 1.165) is 5.56 Å². The highest BCUT2D eigenvalue weighted by Crippen LogP contribution is 2.24. The zero-order valence-corrected chi connectivity index (χ0v) is 10.00. The lowest BCUT2D eigenvalue weighted by Crippen LogP contribution is -2.14. The Bertz CT molecular complexity index is 387. The molecular formula is C12H15ClN2O. The normalized spacial score (nSPS) is 11.9. The van der Waals surface area contributed by atoms with Gasteiger partial charge < -0.3 is 10.5 Å². The van der Waals surface area contributed by atoms with Crippen LogP contribution in [0, 0.1) is 11.3 Å². The molecule has 0 aliphatic carbocycles. The van der Waals surface area contributed by atoms with Gasteiger partial charge in [-0.1, -0.05) is 18.5 Å². The topological polar surface area (TPSA) is 59.0 Å². The smallest absolute Gasteiger partial charge is 0.184 e. The minimum atomic E-state index is -0.419. The third kappa shape index (κ3) is 3.41. The summed E-state index contributed by atoms with van der Waals surface area (Å²) in [5.74, 6) is 0.697. The summed E-state index contributed by atoms with van der Waals surface area (Å²) in [7, 11) is 0. The maximum absolute atomic E-state index is 8.84. The van der Waals surface area contributed by atoms with E-state index in [0.29, 0.717) is 30.2 Å². The van der Waals surface area contributed by atoms with Crippen molar-refractivity contribution in [3.63, 3.8) is 0 Å². The van der Waals surface area contributed by atoms with Gasteiger partial charge in [0.1, 0.15) is 11.8 Å². The summed E-state index contributed by atoms with van der Waals surface area (Å²) >= 11 is 5.90. The molecule has 86 valence electrons. The van der Waals surface area contributed by atoms with E-state index < -0.39 is 6.10 Å². The van der Waals surface area contributed by atoms with Gasteiger partial charge >= 0.3 is 0 Å². The molecule has 0 aliphatic rings. The first-order chi connectivity index (χ1) is 7.71. The van der Waals surface area contributed by atoms with Gasteiger partial charge in [-0.25, -0.2) is 0 Å². The number of nitrogens with zero attached hydrogens (tertiary/aromatic N) is 1. The molecule has 0 saturated carbocycles. The van der Waals surface area contributed by atoms with Crippen LogP contribution in [0.2, 0.25) is 5.02 Å². The predicted molar refractivity (Wildman–Crippen MR) is 64.5 cm³/mol. The Hall–Kier alpha value is -1.24. The van der Waals surface area contributed by atoms with Crippen molar-refractivity contribution in [3.05, 3.63) is 28.8 Å². The van der Waals surface area contributed by atoms with E-state index in [1.807, 2.05) is 13.0 Å². The molecule has 16 heavy (non-hydrogen) atoms. The predicted octanol–water partition coefficient (Wildman–Crippen LogP) is 2.52. The van der Waals surface area contributed by atoms with E-state index in [9.17, 15) is 0 Å². The van der Waals surface area contributed by atoms with Crippen LogP contribution in [0.5, 0.6) is 5.75 Å². The molecule has 0 aromatic heterocycles. The SMILES string of the molecule is CCC(C#N)Oc1ccc(Cl)cc1CCN. The molecule has 1 aromatic rings. The quantitative estimate of drug-likeness (QED) is 0.858. The second kappa shape index (κ2) is 6.37. The van der Waals surface area contributed by atoms with Gasteiger partial charge in [-0.15, -0.1) is 0 Å². The third-order valence-electron chi connectivity index (χ3n) is 2.22. The molecule has 0 fully saturated rings. The van der Waals surface area contributed by atoms with Gasteiger partial charge in [-0.3, -0.25) is 0 Å². The molecule has 1 rings (SSSR count). The van der Waals surface area contributed by atoms with Crippen molar-refractivity contribution in [1.82, 2.24) is 0 Å². The average molecular weight is 239 g/mol. The van der Waals surface area contributed by atoms with Crippen LogP contribution in [0.1, 0.15) is 18.9 Å². The summed E-state index contributed by atoms with van der Waals surface area (Å²) in [6.45, 7) is 2.44. The van der Waals surface area contributed by atoms with Crippen molar-refractivity contribution in [1.29, 1.82) is 5.26 Å². The molecule has 0 spiro atoms. The van der Waals surface area contributed by atoms with Crippen LogP contribution in [0.3, 0.4) is 0 Å². The minimum absolute atomic E-state index is 0.419. The molecule has 3 nitrogen and oxygen atoms in total. The first-order valence-electron chi connectivity index (χ1n) is 5.26. The van der Waals surface area contributed by atoms with Gasteiger partial charge in [-0.05, 0) is 43.1 Å². The van der Waals surface area contributed by atoms with Crippen molar-refractivity contribution in [3.8, 4) is 11.8 Å². The number of ether oxygens (including phenoxy) is 1. The zero-order valence-electron chi connectivity index (χ0n) is 9.24. The molecule has 0 radical (unpaired) electrons. The maximum Gasteiger partial charge on any atom is 0.184 e. The van der Waals surface area contributed by atoms with Crippen molar-refractivity contribution in [2.75, 3.05) is 6.54 Å². The van der Waals surface area contributed by atoms with E-state index in [2.05, 4.69) is 6.07 Å². The number of benzene rings is 1. The highest BCUT2D eigenvalue weighted by atomic mass is 35.5. The maximum atomic E-state index is 8.84. The number of rotatable bonds is 5. The second-order valence-electron chi connectivity index (χ2n) is 3.43. The number of nitriles is 1. The van der Waals surface area contributed by atoms with Crippen LogP contribution in [0.25, 0.3) is 0 Å². The lowest BCUT2D eigenvalue weighted by Gasteiger charge is -2.14. The van der Waals surface area contributed by atoms with Crippen LogP contribution in [-0.4, -0.2) is 12.6 Å². The Kier molecular flexibility index (Phi) is 5.10. The van der Waals surface area contributed by atoms with Crippen LogP contribution in [-0.2, 0) is 6.42 Å². The van der Waals surface area contributed by atoms with Crippen molar-refractivity contribution in [2.45, 2.75) is 25.9 Å². The van der Waals surface area contributed by atoms with E-state index in [-0.39, 0.29) is 0 Å². The van der Waals surface area contributed by atoms with Crippen molar-refractivity contribution in [2.24, 2.45) is 5.73 Å². The van der Waals surface area contributed by atoms with Crippen LogP contribution in [0.4, 0.5) is 0 Å². The number of hydrogen-bond donors (Lipinski definition) is 1. The molecular weight excluding hydrogens is 224 g/mol. The van der Waals surface area contributed by atoms with Crippen molar-refractivity contribution < 1.29 is 4.74 Å². The Morgan fingerprint density at radius 1 is 1.56 bits per heavy atom. The van der Waals surface area contributed by atoms with Gasteiger partial charge in [0.2, 0.25) is 0 Å². The zero-order chi connectivity index (χ0) is 12.0. The molecule has 1 unspecified atom stereocenters. The monoisotopic (exact) mass is 238 g/mol. The van der Waals surface area contributed by atoms with Gasteiger partial charge in [-0.2, -0.15) is 5.26 Å². The van der Waals surface area contributed by atoms with E-state index >= 15 is 0 Å². The molecule has 0 amide bonds. The summed E-state index contributed by atoms with van der Waals surface area (Å²) in [5.41, 5.74) is 6.46. The standard InChI is InChI=1S/C12H15ClN2O/c1-2-11(8-15)16-12-4-3-10(13)7-9(12)5-6-14/h3-4,7,11H,2,5-6,14H2,1H3. The lowest BCUT2D eigenvalue weighted by atomic mass is 10.1. The first-order valence-corrected chi connectivity index (χ1v) is 5.63. The third-order valence-corrected chi connectivity index (χ3v) is 2.46. The largest absolute Gasteiger partial charge is 0.475 e. The average Bonchev–Trinajstić information content (AvgIpc) is 2.29. The summed E-state index contributed by atoms with van der Waals surface area (Å²) < 4.78 is 5.58. The summed E-state index contributed by atoms with van der Waals surface area (Å²) in [5, 5.41) is 9.49.